The molecule has 0 fully saturated rings. The van der Waals surface area contributed by atoms with Gasteiger partial charge in [-0.2, -0.15) is 0 Å². The number of imidazole rings is 1. The van der Waals surface area contributed by atoms with E-state index in [2.05, 4.69) is 94.6 Å². The number of aromatic nitrogens is 2. The molecule has 1 amide bonds. The van der Waals surface area contributed by atoms with Gasteiger partial charge in [0.15, 0.2) is 0 Å². The van der Waals surface area contributed by atoms with E-state index in [1.54, 1.807) is 0 Å². The lowest BCUT2D eigenvalue weighted by Crippen LogP contribution is -2.22. The lowest BCUT2D eigenvalue weighted by atomic mass is 9.93. The van der Waals surface area contributed by atoms with Gasteiger partial charge in [-0.3, -0.25) is 9.20 Å². The lowest BCUT2D eigenvalue weighted by Gasteiger charge is -2.18. The van der Waals surface area contributed by atoms with Crippen molar-refractivity contribution in [1.82, 2.24) is 14.7 Å². The molecule has 2 aromatic heterocycles. The van der Waals surface area contributed by atoms with Crippen molar-refractivity contribution in [1.29, 1.82) is 0 Å². The number of para-hydroxylation sites is 2. The van der Waals surface area contributed by atoms with Gasteiger partial charge in [-0.05, 0) is 52.4 Å². The van der Waals surface area contributed by atoms with E-state index in [9.17, 15) is 4.79 Å². The summed E-state index contributed by atoms with van der Waals surface area (Å²) in [6.45, 7) is 0.428. The SMILES string of the molecule is O=C(NCc1ccc2c(-c3ccccc3)c(-c3ccccc3)n3c4ccccc4nc3c2c1)c1ccccc1. The number of nitrogens with one attached hydrogen (secondary N) is 1. The number of pyridine rings is 1. The molecule has 0 radical (unpaired) electrons. The molecule has 186 valence electrons. The predicted molar refractivity (Wildman–Crippen MR) is 159 cm³/mol. The van der Waals surface area contributed by atoms with E-state index in [0.717, 1.165) is 55.4 Å². The van der Waals surface area contributed by atoms with Gasteiger partial charge in [0.1, 0.15) is 5.65 Å². The molecule has 0 aliphatic rings. The zero-order valence-corrected chi connectivity index (χ0v) is 21.2. The molecule has 0 bridgehead atoms. The molecule has 0 spiro atoms. The van der Waals surface area contributed by atoms with Gasteiger partial charge in [-0.25, -0.2) is 4.98 Å². The van der Waals surface area contributed by atoms with Crippen LogP contribution in [0, 0.1) is 0 Å². The Morgan fingerprint density at radius 3 is 2.05 bits per heavy atom. The monoisotopic (exact) mass is 503 g/mol. The molecule has 0 aliphatic carbocycles. The number of benzene rings is 5. The fourth-order valence-corrected chi connectivity index (χ4v) is 5.42. The Bertz CT molecular complexity index is 1960. The highest BCUT2D eigenvalue weighted by molar-refractivity contribution is 6.11. The predicted octanol–water partition coefficient (Wildman–Crippen LogP) is 7.90. The Balaban J connectivity index is 1.49. The van der Waals surface area contributed by atoms with Crippen molar-refractivity contribution in [2.75, 3.05) is 0 Å². The molecular formula is C35H25N3O. The molecule has 2 heterocycles. The third-order valence-corrected chi connectivity index (χ3v) is 7.21. The third-order valence-electron chi connectivity index (χ3n) is 7.21. The van der Waals surface area contributed by atoms with E-state index < -0.39 is 0 Å². The smallest absolute Gasteiger partial charge is 0.251 e. The fraction of sp³-hybridized carbons (Fsp3) is 0.0286. The third kappa shape index (κ3) is 4.03. The van der Waals surface area contributed by atoms with Crippen molar-refractivity contribution >= 4 is 33.4 Å². The van der Waals surface area contributed by atoms with E-state index in [0.29, 0.717) is 12.1 Å². The van der Waals surface area contributed by atoms with Crippen molar-refractivity contribution in [2.45, 2.75) is 6.54 Å². The molecule has 0 unspecified atom stereocenters. The average molecular weight is 504 g/mol. The van der Waals surface area contributed by atoms with Gasteiger partial charge in [-0.1, -0.05) is 103 Å². The van der Waals surface area contributed by atoms with Crippen LogP contribution in [0.5, 0.6) is 0 Å². The second-order valence-electron chi connectivity index (χ2n) is 9.64. The minimum atomic E-state index is -0.0863. The Labute approximate surface area is 226 Å². The van der Waals surface area contributed by atoms with E-state index in [1.165, 1.54) is 0 Å². The van der Waals surface area contributed by atoms with Crippen LogP contribution in [0.25, 0.3) is 49.8 Å². The Morgan fingerprint density at radius 1 is 0.667 bits per heavy atom. The second kappa shape index (κ2) is 9.58. The average Bonchev–Trinajstić information content (AvgIpc) is 3.40. The summed E-state index contributed by atoms with van der Waals surface area (Å²) in [4.78, 5) is 17.8. The first-order valence-corrected chi connectivity index (χ1v) is 13.1. The Kier molecular flexibility index (Phi) is 5.64. The van der Waals surface area contributed by atoms with Crippen LogP contribution < -0.4 is 5.32 Å². The van der Waals surface area contributed by atoms with Crippen LogP contribution in [0.4, 0.5) is 0 Å². The number of rotatable bonds is 5. The number of nitrogens with zero attached hydrogens (tertiary/aromatic N) is 2. The molecule has 4 nitrogen and oxygen atoms in total. The summed E-state index contributed by atoms with van der Waals surface area (Å²) in [5.41, 5.74) is 9.14. The highest BCUT2D eigenvalue weighted by Gasteiger charge is 2.21. The molecule has 4 heteroatoms. The maximum atomic E-state index is 12.7. The number of carbonyl (C=O) groups is 1. The number of carbonyl (C=O) groups excluding carboxylic acids is 1. The summed E-state index contributed by atoms with van der Waals surface area (Å²) in [5, 5.41) is 5.25. The molecule has 39 heavy (non-hydrogen) atoms. The summed E-state index contributed by atoms with van der Waals surface area (Å²) in [6, 6.07) is 45.1. The van der Waals surface area contributed by atoms with Crippen molar-refractivity contribution in [3.05, 3.63) is 145 Å². The van der Waals surface area contributed by atoms with E-state index in [1.807, 2.05) is 48.5 Å². The van der Waals surface area contributed by atoms with Crippen molar-refractivity contribution in [3.63, 3.8) is 0 Å². The molecule has 5 aromatic carbocycles. The Morgan fingerprint density at radius 2 is 1.31 bits per heavy atom. The number of amides is 1. The van der Waals surface area contributed by atoms with Gasteiger partial charge in [0, 0.05) is 23.1 Å². The van der Waals surface area contributed by atoms with Gasteiger partial charge in [0.25, 0.3) is 5.91 Å². The van der Waals surface area contributed by atoms with Gasteiger partial charge >= 0.3 is 0 Å². The van der Waals surface area contributed by atoms with E-state index in [-0.39, 0.29) is 5.91 Å². The first-order chi connectivity index (χ1) is 19.3. The van der Waals surface area contributed by atoms with Crippen LogP contribution in [-0.2, 0) is 6.54 Å². The minimum Gasteiger partial charge on any atom is -0.348 e. The lowest BCUT2D eigenvalue weighted by molar-refractivity contribution is 0.0951. The van der Waals surface area contributed by atoms with Crippen molar-refractivity contribution in [3.8, 4) is 22.4 Å². The van der Waals surface area contributed by atoms with Crippen LogP contribution >= 0.6 is 0 Å². The first kappa shape index (κ1) is 22.9. The van der Waals surface area contributed by atoms with Crippen LogP contribution in [0.3, 0.4) is 0 Å². The molecule has 7 rings (SSSR count). The van der Waals surface area contributed by atoms with Crippen molar-refractivity contribution in [2.24, 2.45) is 0 Å². The fourth-order valence-electron chi connectivity index (χ4n) is 5.42. The van der Waals surface area contributed by atoms with Gasteiger partial charge in [-0.15, -0.1) is 0 Å². The number of fused-ring (bicyclic) bond motifs is 5. The maximum Gasteiger partial charge on any atom is 0.251 e. The summed E-state index contributed by atoms with van der Waals surface area (Å²) in [7, 11) is 0. The minimum absolute atomic E-state index is 0.0863. The summed E-state index contributed by atoms with van der Waals surface area (Å²) in [6.07, 6.45) is 0. The largest absolute Gasteiger partial charge is 0.348 e. The summed E-state index contributed by atoms with van der Waals surface area (Å²) >= 11 is 0. The zero-order chi connectivity index (χ0) is 26.2. The van der Waals surface area contributed by atoms with Gasteiger partial charge in [0.05, 0.1) is 16.7 Å². The quantitative estimate of drug-likeness (QED) is 0.259. The molecule has 0 saturated carbocycles. The molecular weight excluding hydrogens is 478 g/mol. The maximum absolute atomic E-state index is 12.7. The molecule has 7 aromatic rings. The number of hydrogen-bond acceptors (Lipinski definition) is 2. The molecule has 0 saturated heterocycles. The number of hydrogen-bond donors (Lipinski definition) is 1. The summed E-state index contributed by atoms with van der Waals surface area (Å²) < 4.78 is 2.29. The van der Waals surface area contributed by atoms with Gasteiger partial charge in [0.2, 0.25) is 0 Å². The summed E-state index contributed by atoms with van der Waals surface area (Å²) in [5.74, 6) is -0.0863. The molecule has 0 atom stereocenters. The second-order valence-corrected chi connectivity index (χ2v) is 9.64. The van der Waals surface area contributed by atoms with Crippen LogP contribution in [0.2, 0.25) is 0 Å². The topological polar surface area (TPSA) is 46.4 Å². The highest BCUT2D eigenvalue weighted by atomic mass is 16.1. The van der Waals surface area contributed by atoms with Crippen LogP contribution in [-0.4, -0.2) is 15.3 Å². The normalized spacial score (nSPS) is 11.3. The van der Waals surface area contributed by atoms with Gasteiger partial charge < -0.3 is 5.32 Å². The van der Waals surface area contributed by atoms with Crippen LogP contribution in [0.1, 0.15) is 15.9 Å². The van der Waals surface area contributed by atoms with Crippen LogP contribution in [0.15, 0.2) is 133 Å². The Hall–Kier alpha value is -5.22. The van der Waals surface area contributed by atoms with E-state index in [4.69, 9.17) is 4.98 Å². The highest BCUT2D eigenvalue weighted by Crippen LogP contribution is 2.41. The standard InChI is InChI=1S/C35H25N3O/c39-35(27-16-8-3-9-17-27)36-23-24-20-21-28-29(22-24)34-37-30-18-10-11-19-31(30)38(34)33(26-14-6-2-7-15-26)32(28)25-12-4-1-5-13-25/h1-22H,23H2,(H,36,39). The zero-order valence-electron chi connectivity index (χ0n) is 21.2. The van der Waals surface area contributed by atoms with E-state index >= 15 is 0 Å². The first-order valence-electron chi connectivity index (χ1n) is 13.1. The molecule has 0 aliphatic heterocycles. The molecule has 1 N–H and O–H groups in total. The van der Waals surface area contributed by atoms with Crippen molar-refractivity contribution < 1.29 is 4.79 Å².